The summed E-state index contributed by atoms with van der Waals surface area (Å²) in [5.74, 6) is 0.210. The number of alkyl halides is 3. The van der Waals surface area contributed by atoms with Crippen LogP contribution in [0.5, 0.6) is 0 Å². The van der Waals surface area contributed by atoms with Crippen molar-refractivity contribution < 1.29 is 17.9 Å². The number of nitrogens with two attached hydrogens (primary N) is 2. The van der Waals surface area contributed by atoms with Crippen LogP contribution in [-0.2, 0) is 29.4 Å². The number of hydrogen-bond donors (Lipinski definition) is 2. The predicted molar refractivity (Wildman–Crippen MR) is 112 cm³/mol. The second-order valence-corrected chi connectivity index (χ2v) is 7.89. The second-order valence-electron chi connectivity index (χ2n) is 7.89. The first-order valence-electron chi connectivity index (χ1n) is 9.95. The first kappa shape index (κ1) is 21.1. The largest absolute Gasteiger partial charge is 0.416 e. The normalized spacial score (nSPS) is 21.0. The number of aryl methyl sites for hydroxylation is 1. The first-order valence-corrected chi connectivity index (χ1v) is 9.95. The Labute approximate surface area is 178 Å². The highest BCUT2D eigenvalue weighted by Gasteiger charge is 2.46. The van der Waals surface area contributed by atoms with Crippen molar-refractivity contribution in [2.45, 2.75) is 44.1 Å². The lowest BCUT2D eigenvalue weighted by Gasteiger charge is -2.43. The molecule has 0 spiro atoms. The number of ether oxygens (including phenoxy) is 1. The molecular weight excluding hydrogens is 405 g/mol. The zero-order valence-electron chi connectivity index (χ0n) is 17.0. The van der Waals surface area contributed by atoms with Gasteiger partial charge in [-0.3, -0.25) is 0 Å². The number of nitrogens with zero attached hydrogens (tertiary/aromatic N) is 2. The highest BCUT2D eigenvalue weighted by molar-refractivity contribution is 5.57. The van der Waals surface area contributed by atoms with Crippen molar-refractivity contribution >= 4 is 11.8 Å². The summed E-state index contributed by atoms with van der Waals surface area (Å²) in [5, 5.41) is 0. The SMILES string of the molecule is CC1(c2cccc(C(F)(F)F)c2)c2c(N)nc(N)nc2CCC1OCc1ccccc1. The average molecular weight is 428 g/mol. The third-order valence-electron chi connectivity index (χ3n) is 5.92. The molecule has 1 heterocycles. The fourth-order valence-electron chi connectivity index (χ4n) is 4.38. The maximum atomic E-state index is 13.5. The summed E-state index contributed by atoms with van der Waals surface area (Å²) < 4.78 is 46.7. The molecule has 0 saturated heterocycles. The van der Waals surface area contributed by atoms with Crippen LogP contribution >= 0.6 is 0 Å². The number of rotatable bonds is 4. The monoisotopic (exact) mass is 428 g/mol. The minimum absolute atomic E-state index is 0.0475. The minimum atomic E-state index is -4.46. The lowest BCUT2D eigenvalue weighted by molar-refractivity contribution is -0.137. The molecule has 4 N–H and O–H groups in total. The Balaban J connectivity index is 1.82. The van der Waals surface area contributed by atoms with Gasteiger partial charge in [0.2, 0.25) is 5.95 Å². The van der Waals surface area contributed by atoms with E-state index in [1.807, 2.05) is 37.3 Å². The summed E-state index contributed by atoms with van der Waals surface area (Å²) in [6, 6.07) is 14.9. The molecule has 0 radical (unpaired) electrons. The van der Waals surface area contributed by atoms with Gasteiger partial charge in [-0.25, -0.2) is 4.98 Å². The van der Waals surface area contributed by atoms with Crippen LogP contribution in [0.2, 0.25) is 0 Å². The van der Waals surface area contributed by atoms with Gasteiger partial charge in [0.15, 0.2) is 0 Å². The molecule has 1 aliphatic carbocycles. The van der Waals surface area contributed by atoms with E-state index in [1.54, 1.807) is 6.07 Å². The summed E-state index contributed by atoms with van der Waals surface area (Å²) >= 11 is 0. The van der Waals surface area contributed by atoms with Crippen molar-refractivity contribution in [3.8, 4) is 0 Å². The lowest BCUT2D eigenvalue weighted by atomic mass is 9.66. The molecule has 3 aromatic rings. The summed E-state index contributed by atoms with van der Waals surface area (Å²) in [6.45, 7) is 2.16. The van der Waals surface area contributed by atoms with Gasteiger partial charge in [0.25, 0.3) is 0 Å². The van der Waals surface area contributed by atoms with Gasteiger partial charge in [0.1, 0.15) is 5.82 Å². The van der Waals surface area contributed by atoms with E-state index in [0.29, 0.717) is 36.3 Å². The van der Waals surface area contributed by atoms with Crippen LogP contribution in [0.4, 0.5) is 24.9 Å². The molecule has 0 amide bonds. The highest BCUT2D eigenvalue weighted by atomic mass is 19.4. The van der Waals surface area contributed by atoms with Gasteiger partial charge in [0, 0.05) is 11.0 Å². The fraction of sp³-hybridized carbons (Fsp3) is 0.304. The van der Waals surface area contributed by atoms with Gasteiger partial charge in [-0.05, 0) is 37.0 Å². The van der Waals surface area contributed by atoms with E-state index in [1.165, 1.54) is 6.07 Å². The van der Waals surface area contributed by atoms with E-state index >= 15 is 0 Å². The average Bonchev–Trinajstić information content (AvgIpc) is 2.73. The number of halogens is 3. The number of benzene rings is 2. The fourth-order valence-corrected chi connectivity index (χ4v) is 4.38. The summed E-state index contributed by atoms with van der Waals surface area (Å²) in [6.07, 6.45) is -3.80. The van der Waals surface area contributed by atoms with E-state index in [0.717, 1.165) is 17.7 Å². The van der Waals surface area contributed by atoms with Gasteiger partial charge in [-0.15, -0.1) is 0 Å². The van der Waals surface area contributed by atoms with Gasteiger partial charge in [0.05, 0.1) is 24.0 Å². The minimum Gasteiger partial charge on any atom is -0.383 e. The molecular formula is C23H23F3N4O. The zero-order chi connectivity index (χ0) is 22.2. The lowest BCUT2D eigenvalue weighted by Crippen LogP contribution is -2.45. The van der Waals surface area contributed by atoms with Gasteiger partial charge < -0.3 is 16.2 Å². The molecule has 1 aromatic heterocycles. The maximum absolute atomic E-state index is 13.5. The standard InChI is InChI=1S/C23H23F3N4O/c1-22(15-8-5-9-16(12-15)23(24,25)26)18(31-13-14-6-3-2-4-7-14)11-10-17-19(22)20(27)30-21(28)29-17/h2-9,12,18H,10-11,13H2,1H3,(H4,27,28,29,30). The number of anilines is 2. The highest BCUT2D eigenvalue weighted by Crippen LogP contribution is 2.47. The first-order chi connectivity index (χ1) is 14.7. The second kappa shape index (κ2) is 7.85. The van der Waals surface area contributed by atoms with Crippen LogP contribution < -0.4 is 11.5 Å². The Morgan fingerprint density at radius 3 is 2.52 bits per heavy atom. The van der Waals surface area contributed by atoms with E-state index in [9.17, 15) is 13.2 Å². The predicted octanol–water partition coefficient (Wildman–Crippen LogP) is 4.50. The van der Waals surface area contributed by atoms with Crippen LogP contribution in [0.3, 0.4) is 0 Å². The van der Waals surface area contributed by atoms with Crippen LogP contribution in [0, 0.1) is 0 Å². The van der Waals surface area contributed by atoms with Gasteiger partial charge in [-0.2, -0.15) is 18.2 Å². The van der Waals surface area contributed by atoms with Crippen LogP contribution in [-0.4, -0.2) is 16.1 Å². The Morgan fingerprint density at radius 2 is 1.81 bits per heavy atom. The Hall–Kier alpha value is -3.13. The van der Waals surface area contributed by atoms with E-state index < -0.39 is 23.3 Å². The van der Waals surface area contributed by atoms with Crippen molar-refractivity contribution in [2.75, 3.05) is 11.5 Å². The summed E-state index contributed by atoms with van der Waals surface area (Å²) in [7, 11) is 0. The molecule has 0 bridgehead atoms. The van der Waals surface area contributed by atoms with Crippen molar-refractivity contribution in [1.82, 2.24) is 9.97 Å². The molecule has 5 nitrogen and oxygen atoms in total. The summed E-state index contributed by atoms with van der Waals surface area (Å²) in [5.41, 5.74) is 12.9. The maximum Gasteiger partial charge on any atom is 0.416 e. The molecule has 0 fully saturated rings. The topological polar surface area (TPSA) is 87.0 Å². The Kier molecular flexibility index (Phi) is 5.35. The molecule has 2 atom stereocenters. The van der Waals surface area contributed by atoms with E-state index in [2.05, 4.69) is 9.97 Å². The van der Waals surface area contributed by atoms with Gasteiger partial charge >= 0.3 is 6.18 Å². The molecule has 162 valence electrons. The quantitative estimate of drug-likeness (QED) is 0.639. The molecule has 4 rings (SSSR count). The smallest absolute Gasteiger partial charge is 0.383 e. The number of hydrogen-bond acceptors (Lipinski definition) is 5. The van der Waals surface area contributed by atoms with Crippen LogP contribution in [0.1, 0.15) is 41.3 Å². The van der Waals surface area contributed by atoms with Crippen molar-refractivity contribution in [1.29, 1.82) is 0 Å². The Morgan fingerprint density at radius 1 is 1.06 bits per heavy atom. The molecule has 0 aliphatic heterocycles. The van der Waals surface area contributed by atoms with Crippen molar-refractivity contribution in [3.05, 3.63) is 82.5 Å². The zero-order valence-corrected chi connectivity index (χ0v) is 17.0. The van der Waals surface area contributed by atoms with Crippen molar-refractivity contribution in [2.24, 2.45) is 0 Å². The van der Waals surface area contributed by atoms with Gasteiger partial charge in [-0.1, -0.05) is 48.5 Å². The molecule has 31 heavy (non-hydrogen) atoms. The number of aromatic nitrogens is 2. The molecule has 2 unspecified atom stereocenters. The summed E-state index contributed by atoms with van der Waals surface area (Å²) in [4.78, 5) is 8.43. The molecule has 8 heteroatoms. The van der Waals surface area contributed by atoms with Crippen LogP contribution in [0.25, 0.3) is 0 Å². The van der Waals surface area contributed by atoms with Crippen LogP contribution in [0.15, 0.2) is 54.6 Å². The molecule has 1 aliphatic rings. The third-order valence-corrected chi connectivity index (χ3v) is 5.92. The number of nitrogen functional groups attached to an aromatic ring is 2. The van der Waals surface area contributed by atoms with E-state index in [4.69, 9.17) is 16.2 Å². The van der Waals surface area contributed by atoms with E-state index in [-0.39, 0.29) is 11.8 Å². The third kappa shape index (κ3) is 3.95. The number of fused-ring (bicyclic) bond motifs is 1. The Bertz CT molecular complexity index is 1090. The van der Waals surface area contributed by atoms with Crippen molar-refractivity contribution in [3.63, 3.8) is 0 Å². The molecule has 2 aromatic carbocycles. The molecule has 0 saturated carbocycles.